The van der Waals surface area contributed by atoms with Crippen LogP contribution in [0.25, 0.3) is 0 Å². The molecule has 2 N–H and O–H groups in total. The van der Waals surface area contributed by atoms with Gasteiger partial charge in [-0.2, -0.15) is 0 Å². The zero-order chi connectivity index (χ0) is 18.1. The summed E-state index contributed by atoms with van der Waals surface area (Å²) in [6.07, 6.45) is 18.7. The van der Waals surface area contributed by atoms with Gasteiger partial charge in [0.1, 0.15) is 0 Å². The van der Waals surface area contributed by atoms with Crippen molar-refractivity contribution in [1.82, 2.24) is 0 Å². The summed E-state index contributed by atoms with van der Waals surface area (Å²) in [5.74, 6) is -0.807. The fourth-order valence-electron chi connectivity index (χ4n) is 2.82. The molecule has 0 unspecified atom stereocenters. The van der Waals surface area contributed by atoms with Crippen molar-refractivity contribution in [1.29, 1.82) is 0 Å². The molecule has 0 spiro atoms. The Hall–Kier alpha value is 4.02. The van der Waals surface area contributed by atoms with Crippen LogP contribution in [0.5, 0.6) is 0 Å². The van der Waals surface area contributed by atoms with Crippen LogP contribution in [0.2, 0.25) is 0 Å². The summed E-state index contributed by atoms with van der Waals surface area (Å²) in [6, 6.07) is 0. The summed E-state index contributed by atoms with van der Waals surface area (Å²) in [5.41, 5.74) is 0. The second kappa shape index (κ2) is 31.0. The number of hydrogen-bond acceptors (Lipinski definition) is 3. The molecule has 0 heterocycles. The first-order valence-corrected chi connectivity index (χ1v) is 11.3. The van der Waals surface area contributed by atoms with Crippen LogP contribution in [-0.2, 0) is 33.4 Å². The molecule has 0 aliphatic heterocycles. The molecule has 0 atom stereocenters. The number of hydrogen-bond donors (Lipinski definition) is 2. The number of phosphoric acid groups is 1. The molecular formula is C18H43Ca3O5PZn. The third-order valence-electron chi connectivity index (χ3n) is 4.21. The molecular weight excluding hydrogens is 513 g/mol. The first-order chi connectivity index (χ1) is 11.5. The number of unbranched alkanes of at least 4 members (excludes halogenated alkanes) is 14. The second-order valence-electron chi connectivity index (χ2n) is 6.65. The number of phosphoric ester groups is 1. The summed E-state index contributed by atoms with van der Waals surface area (Å²) < 4.78 is 14.4. The van der Waals surface area contributed by atoms with Crippen LogP contribution in [0.1, 0.15) is 118 Å². The third kappa shape index (κ3) is 37.3. The van der Waals surface area contributed by atoms with Gasteiger partial charge in [0.15, 0.2) is 0 Å². The molecule has 0 amide bonds. The predicted molar refractivity (Wildman–Crippen MR) is 122 cm³/mol. The van der Waals surface area contributed by atoms with Gasteiger partial charge in [-0.3, -0.25) is 14.6 Å². The zero-order valence-corrected chi connectivity index (χ0v) is 28.7. The molecule has 0 rings (SSSR count). The molecule has 0 fully saturated rings. The first kappa shape index (κ1) is 42.2. The van der Waals surface area contributed by atoms with E-state index in [-0.39, 0.29) is 148 Å². The average Bonchev–Trinajstić information content (AvgIpc) is 2.49. The van der Waals surface area contributed by atoms with E-state index in [0.717, 1.165) is 12.8 Å². The molecule has 0 saturated heterocycles. The SMILES string of the molecule is CCCCCCCCCCCCCCCCCC(=O)OP(=O)(O)O.[Ca+2].[Ca+2].[Ca+2].[H-].[H-].[H-].[H-].[H-].[H-].[Zn]. The standard InChI is InChI=1S/C18H37O5P.3Ca.Zn.6H/c1-2-3-4-5-6-7-8-9-10-11-12-13-14-15-16-17-18(19)23-24(20,21)22;;;;;;;;;;/h2-17H2,1H3,(H2,20,21,22);;;;;;;;;;/q;3*+2;;6*-1. The van der Waals surface area contributed by atoms with E-state index in [1.54, 1.807) is 0 Å². The van der Waals surface area contributed by atoms with Gasteiger partial charge in [0.25, 0.3) is 0 Å². The van der Waals surface area contributed by atoms with Gasteiger partial charge in [0.05, 0.1) is 0 Å². The van der Waals surface area contributed by atoms with E-state index in [2.05, 4.69) is 11.4 Å². The van der Waals surface area contributed by atoms with Gasteiger partial charge >= 0.3 is 127 Å². The fourth-order valence-corrected chi connectivity index (χ4v) is 3.18. The zero-order valence-electron chi connectivity index (χ0n) is 24.2. The Morgan fingerprint density at radius 2 is 1.00 bits per heavy atom. The maximum absolute atomic E-state index is 11.1. The molecule has 0 saturated carbocycles. The number of carbonyl (C=O) groups is 1. The van der Waals surface area contributed by atoms with E-state index < -0.39 is 13.8 Å². The van der Waals surface area contributed by atoms with Gasteiger partial charge < -0.3 is 13.1 Å². The van der Waals surface area contributed by atoms with Crippen molar-refractivity contribution >= 4 is 127 Å². The molecule has 0 aliphatic rings. The Morgan fingerprint density at radius 1 is 0.714 bits per heavy atom. The van der Waals surface area contributed by atoms with Gasteiger partial charge in [-0.1, -0.05) is 96.8 Å². The van der Waals surface area contributed by atoms with E-state index in [1.807, 2.05) is 0 Å². The molecule has 0 aromatic carbocycles. The molecule has 0 aromatic rings. The minimum Gasteiger partial charge on any atom is -1.00 e. The van der Waals surface area contributed by atoms with E-state index in [1.165, 1.54) is 77.0 Å². The van der Waals surface area contributed by atoms with E-state index in [0.29, 0.717) is 6.42 Å². The van der Waals surface area contributed by atoms with Gasteiger partial charge in [-0.15, -0.1) is 0 Å². The molecule has 0 aliphatic carbocycles. The van der Waals surface area contributed by atoms with Crippen LogP contribution in [0, 0.1) is 0 Å². The van der Waals surface area contributed by atoms with Crippen molar-refractivity contribution in [3.05, 3.63) is 0 Å². The van der Waals surface area contributed by atoms with Gasteiger partial charge in [0, 0.05) is 25.9 Å². The van der Waals surface area contributed by atoms with Crippen molar-refractivity contribution in [3.8, 4) is 0 Å². The minimum absolute atomic E-state index is 0. The van der Waals surface area contributed by atoms with Crippen molar-refractivity contribution in [2.75, 3.05) is 0 Å². The minimum atomic E-state index is -4.66. The van der Waals surface area contributed by atoms with Crippen LogP contribution in [0.3, 0.4) is 0 Å². The number of carbonyl (C=O) groups excluding carboxylic acids is 1. The molecule has 28 heavy (non-hydrogen) atoms. The fraction of sp³-hybridized carbons (Fsp3) is 0.944. The van der Waals surface area contributed by atoms with Crippen molar-refractivity contribution in [3.63, 3.8) is 0 Å². The third-order valence-corrected chi connectivity index (χ3v) is 4.65. The van der Waals surface area contributed by atoms with Crippen LogP contribution < -0.4 is 0 Å². The first-order valence-electron chi connectivity index (χ1n) is 9.73. The van der Waals surface area contributed by atoms with E-state index in [4.69, 9.17) is 9.79 Å². The Labute approximate surface area is 283 Å². The molecule has 10 heteroatoms. The molecule has 0 bridgehead atoms. The summed E-state index contributed by atoms with van der Waals surface area (Å²) in [5, 5.41) is 0. The smallest absolute Gasteiger partial charge is 1.00 e. The summed E-state index contributed by atoms with van der Waals surface area (Å²) in [6.45, 7) is 2.25. The molecule has 0 aromatic heterocycles. The van der Waals surface area contributed by atoms with Crippen LogP contribution in [0.4, 0.5) is 0 Å². The van der Waals surface area contributed by atoms with Gasteiger partial charge in [0.2, 0.25) is 0 Å². The Bertz CT molecular complexity index is 383. The van der Waals surface area contributed by atoms with E-state index in [9.17, 15) is 9.36 Å². The van der Waals surface area contributed by atoms with Gasteiger partial charge in [-0.05, 0) is 6.42 Å². The van der Waals surface area contributed by atoms with Crippen LogP contribution >= 0.6 is 7.82 Å². The van der Waals surface area contributed by atoms with Crippen molar-refractivity contribution < 1.29 is 51.7 Å². The molecule has 0 radical (unpaired) electrons. The maximum Gasteiger partial charge on any atom is 2.00 e. The number of rotatable bonds is 17. The van der Waals surface area contributed by atoms with Crippen molar-refractivity contribution in [2.45, 2.75) is 110 Å². The summed E-state index contributed by atoms with van der Waals surface area (Å²) >= 11 is 0. The Kier molecular flexibility index (Phi) is 46.8. The summed E-state index contributed by atoms with van der Waals surface area (Å²) in [4.78, 5) is 28.0. The normalized spacial score (nSPS) is 9.96. The Balaban J connectivity index is -0.0000000588. The van der Waals surface area contributed by atoms with E-state index >= 15 is 0 Å². The molecule has 5 nitrogen and oxygen atoms in total. The van der Waals surface area contributed by atoms with Crippen LogP contribution in [0.15, 0.2) is 0 Å². The largest absolute Gasteiger partial charge is 2.00 e. The maximum atomic E-state index is 11.1. The average molecular weight is 556 g/mol. The topological polar surface area (TPSA) is 83.8 Å². The molecule has 158 valence electrons. The summed E-state index contributed by atoms with van der Waals surface area (Å²) in [7, 11) is -4.66. The second-order valence-corrected chi connectivity index (χ2v) is 7.82. The van der Waals surface area contributed by atoms with Gasteiger partial charge in [-0.25, -0.2) is 4.57 Å². The quantitative estimate of drug-likeness (QED) is 0.142. The Morgan fingerprint density at radius 3 is 1.29 bits per heavy atom. The van der Waals surface area contributed by atoms with Crippen LogP contribution in [-0.4, -0.2) is 129 Å². The van der Waals surface area contributed by atoms with Crippen molar-refractivity contribution in [2.24, 2.45) is 0 Å². The monoisotopic (exact) mass is 554 g/mol. The predicted octanol–water partition coefficient (Wildman–Crippen LogP) is 5.41.